The molecule has 0 aromatic heterocycles. The van der Waals surface area contributed by atoms with Gasteiger partial charge >= 0.3 is 5.97 Å². The molecule has 0 radical (unpaired) electrons. The lowest BCUT2D eigenvalue weighted by molar-refractivity contribution is -0.137. The van der Waals surface area contributed by atoms with Gasteiger partial charge in [0.2, 0.25) is 6.79 Å². The molecule has 0 saturated heterocycles. The highest BCUT2D eigenvalue weighted by atomic mass is 16.7. The molecule has 11 heavy (non-hydrogen) atoms. The number of hydrogen-bond donors (Lipinski definition) is 0. The lowest BCUT2D eigenvalue weighted by atomic mass is 10.6. The molecule has 0 saturated carbocycles. The Labute approximate surface area is 64.0 Å². The Morgan fingerprint density at radius 3 is 3.27 bits per heavy atom. The van der Waals surface area contributed by atoms with E-state index in [2.05, 4.69) is 11.3 Å². The highest BCUT2D eigenvalue weighted by Gasteiger charge is 2.07. The van der Waals surface area contributed by atoms with Crippen LogP contribution in [-0.4, -0.2) is 19.4 Å². The van der Waals surface area contributed by atoms with Crippen LogP contribution in [0.25, 0.3) is 0 Å². The Hall–Kier alpha value is -1.45. The lowest BCUT2D eigenvalue weighted by Gasteiger charge is -2.00. The molecule has 1 aliphatic heterocycles. The first-order valence-corrected chi connectivity index (χ1v) is 3.05. The van der Waals surface area contributed by atoms with Crippen LogP contribution in [0.15, 0.2) is 24.7 Å². The van der Waals surface area contributed by atoms with E-state index < -0.39 is 5.97 Å². The Bertz CT molecular complexity index is 195. The van der Waals surface area contributed by atoms with Crippen LogP contribution in [0.3, 0.4) is 0 Å². The van der Waals surface area contributed by atoms with Gasteiger partial charge in [-0.15, -0.1) is 0 Å². The van der Waals surface area contributed by atoms with Crippen LogP contribution in [0.2, 0.25) is 0 Å². The Morgan fingerprint density at radius 1 is 1.91 bits per heavy atom. The zero-order valence-electron chi connectivity index (χ0n) is 5.91. The molecule has 0 aromatic rings. The third-order valence-corrected chi connectivity index (χ3v) is 1.05. The smallest absolute Gasteiger partial charge is 0.330 e. The second-order valence-electron chi connectivity index (χ2n) is 1.82. The summed E-state index contributed by atoms with van der Waals surface area (Å²) in [7, 11) is 0. The zero-order valence-corrected chi connectivity index (χ0v) is 5.91. The van der Waals surface area contributed by atoms with E-state index in [1.54, 1.807) is 0 Å². The summed E-state index contributed by atoms with van der Waals surface area (Å²) in [6, 6.07) is 0. The fourth-order valence-corrected chi connectivity index (χ4v) is 0.548. The molecule has 1 heterocycles. The summed E-state index contributed by atoms with van der Waals surface area (Å²) in [5, 5.41) is 0. The van der Waals surface area contributed by atoms with Gasteiger partial charge in [-0.25, -0.2) is 4.79 Å². The topological polar surface area (TPSA) is 44.8 Å². The molecule has 60 valence electrons. The van der Waals surface area contributed by atoms with E-state index in [0.29, 0.717) is 5.76 Å². The zero-order chi connectivity index (χ0) is 8.10. The molecule has 0 aliphatic carbocycles. The van der Waals surface area contributed by atoms with Crippen molar-refractivity contribution in [2.75, 3.05) is 13.4 Å². The van der Waals surface area contributed by atoms with Crippen LogP contribution < -0.4 is 0 Å². The second-order valence-corrected chi connectivity index (χ2v) is 1.82. The van der Waals surface area contributed by atoms with E-state index in [-0.39, 0.29) is 13.4 Å². The molecule has 4 nitrogen and oxygen atoms in total. The molecule has 0 aromatic carbocycles. The van der Waals surface area contributed by atoms with Crippen LogP contribution in [0.1, 0.15) is 0 Å². The summed E-state index contributed by atoms with van der Waals surface area (Å²) in [5.74, 6) is 0.0431. The maximum atomic E-state index is 10.5. The van der Waals surface area contributed by atoms with Crippen LogP contribution in [0.4, 0.5) is 0 Å². The van der Waals surface area contributed by atoms with Crippen molar-refractivity contribution in [3.63, 3.8) is 0 Å². The second kappa shape index (κ2) is 3.65. The molecule has 0 unspecified atom stereocenters. The van der Waals surface area contributed by atoms with Gasteiger partial charge in [-0.1, -0.05) is 6.58 Å². The maximum Gasteiger partial charge on any atom is 0.330 e. The summed E-state index contributed by atoms with van der Waals surface area (Å²) >= 11 is 0. The van der Waals surface area contributed by atoms with Crippen molar-refractivity contribution in [1.82, 2.24) is 0 Å². The minimum absolute atomic E-state index is 0.102. The van der Waals surface area contributed by atoms with Crippen molar-refractivity contribution in [2.24, 2.45) is 0 Å². The van der Waals surface area contributed by atoms with Gasteiger partial charge in [0.05, 0.1) is 0 Å². The van der Waals surface area contributed by atoms with Crippen molar-refractivity contribution < 1.29 is 19.0 Å². The molecular formula is C7H8O4. The molecule has 1 rings (SSSR count). The van der Waals surface area contributed by atoms with Crippen LogP contribution in [-0.2, 0) is 19.0 Å². The highest BCUT2D eigenvalue weighted by molar-refractivity contribution is 5.81. The average molecular weight is 156 g/mol. The van der Waals surface area contributed by atoms with Crippen molar-refractivity contribution in [3.05, 3.63) is 24.7 Å². The fourth-order valence-electron chi connectivity index (χ4n) is 0.548. The molecule has 0 fully saturated rings. The van der Waals surface area contributed by atoms with Gasteiger partial charge in [0.15, 0.2) is 12.4 Å². The standard InChI is InChI=1S/C7H8O4/c1-2-7(8)10-4-6-3-9-5-11-6/h2-3H,1,4-5H2. The quantitative estimate of drug-likeness (QED) is 0.442. The Kier molecular flexibility index (Phi) is 2.54. The van der Waals surface area contributed by atoms with Crippen LogP contribution in [0.5, 0.6) is 0 Å². The third kappa shape index (κ3) is 2.33. The number of hydrogen-bond acceptors (Lipinski definition) is 4. The first-order valence-electron chi connectivity index (χ1n) is 3.05. The van der Waals surface area contributed by atoms with Gasteiger partial charge in [-0.05, 0) is 0 Å². The lowest BCUT2D eigenvalue weighted by Crippen LogP contribution is -2.04. The largest absolute Gasteiger partial charge is 0.461 e. The molecule has 0 atom stereocenters. The van der Waals surface area contributed by atoms with Gasteiger partial charge in [0.25, 0.3) is 0 Å². The SMILES string of the molecule is C=CC(=O)OCC1=COCO1. The minimum Gasteiger partial charge on any atom is -0.461 e. The van der Waals surface area contributed by atoms with E-state index in [4.69, 9.17) is 9.47 Å². The van der Waals surface area contributed by atoms with Crippen molar-refractivity contribution in [3.8, 4) is 0 Å². The van der Waals surface area contributed by atoms with Gasteiger partial charge in [-0.2, -0.15) is 0 Å². The number of carbonyl (C=O) groups excluding carboxylic acids is 1. The molecule has 4 heteroatoms. The predicted octanol–water partition coefficient (Wildman–Crippen LogP) is 0.561. The number of carbonyl (C=O) groups is 1. The summed E-state index contributed by atoms with van der Waals surface area (Å²) in [4.78, 5) is 10.5. The number of esters is 1. The van der Waals surface area contributed by atoms with Gasteiger partial charge in [0, 0.05) is 6.08 Å². The van der Waals surface area contributed by atoms with Gasteiger partial charge < -0.3 is 14.2 Å². The van der Waals surface area contributed by atoms with E-state index in [0.717, 1.165) is 6.08 Å². The molecule has 0 spiro atoms. The van der Waals surface area contributed by atoms with Crippen molar-refractivity contribution in [2.45, 2.75) is 0 Å². The van der Waals surface area contributed by atoms with Gasteiger partial charge in [-0.3, -0.25) is 0 Å². The highest BCUT2D eigenvalue weighted by Crippen LogP contribution is 2.06. The molecule has 0 bridgehead atoms. The molecule has 0 amide bonds. The van der Waals surface area contributed by atoms with Gasteiger partial charge in [0.1, 0.15) is 6.26 Å². The number of rotatable bonds is 3. The summed E-state index contributed by atoms with van der Waals surface area (Å²) < 4.78 is 14.2. The molecule has 1 aliphatic rings. The van der Waals surface area contributed by atoms with Crippen LogP contribution in [0, 0.1) is 0 Å². The van der Waals surface area contributed by atoms with E-state index >= 15 is 0 Å². The molecular weight excluding hydrogens is 148 g/mol. The van der Waals surface area contributed by atoms with E-state index in [1.807, 2.05) is 0 Å². The minimum atomic E-state index is -0.471. The first-order chi connectivity index (χ1) is 5.33. The average Bonchev–Trinajstić information content (AvgIpc) is 2.52. The summed E-state index contributed by atoms with van der Waals surface area (Å²) in [5.41, 5.74) is 0. The first kappa shape index (κ1) is 7.65. The van der Waals surface area contributed by atoms with E-state index in [9.17, 15) is 4.79 Å². The Morgan fingerprint density at radius 2 is 2.73 bits per heavy atom. The molecule has 0 N–H and O–H groups in total. The summed E-state index contributed by atoms with van der Waals surface area (Å²) in [6.45, 7) is 3.54. The predicted molar refractivity (Wildman–Crippen MR) is 36.3 cm³/mol. The maximum absolute atomic E-state index is 10.5. The normalized spacial score (nSPS) is 14.4. The summed E-state index contributed by atoms with van der Waals surface area (Å²) in [6.07, 6.45) is 2.51. The van der Waals surface area contributed by atoms with Crippen molar-refractivity contribution in [1.29, 1.82) is 0 Å². The Balaban J connectivity index is 2.21. The fraction of sp³-hybridized carbons (Fsp3) is 0.286. The van der Waals surface area contributed by atoms with Crippen LogP contribution >= 0.6 is 0 Å². The third-order valence-electron chi connectivity index (χ3n) is 1.05. The monoisotopic (exact) mass is 156 g/mol. The van der Waals surface area contributed by atoms with E-state index in [1.165, 1.54) is 6.26 Å². The van der Waals surface area contributed by atoms with Crippen molar-refractivity contribution >= 4 is 5.97 Å². The number of ether oxygens (including phenoxy) is 3.